The molecule has 3 heteroatoms. The number of hydrogen-bond donors (Lipinski definition) is 1. The smallest absolute Gasteiger partial charge is 0.0560 e. The Morgan fingerprint density at radius 1 is 1.73 bits per heavy atom. The molecule has 1 atom stereocenters. The standard InChI is InChI=1S/C8H15N3/c1-3-8(9)6-11-5-7(2)4-10-11/h4-5,8H,3,6,9H2,1-2H3. The minimum atomic E-state index is 0.231. The van der Waals surface area contributed by atoms with Crippen molar-refractivity contribution in [1.82, 2.24) is 9.78 Å². The molecule has 0 radical (unpaired) electrons. The molecule has 1 heterocycles. The van der Waals surface area contributed by atoms with Gasteiger partial charge in [-0.3, -0.25) is 4.68 Å². The monoisotopic (exact) mass is 153 g/mol. The van der Waals surface area contributed by atoms with Crippen molar-refractivity contribution < 1.29 is 0 Å². The van der Waals surface area contributed by atoms with Gasteiger partial charge in [-0.1, -0.05) is 6.92 Å². The predicted molar refractivity (Wildman–Crippen MR) is 45.2 cm³/mol. The topological polar surface area (TPSA) is 43.8 Å². The summed E-state index contributed by atoms with van der Waals surface area (Å²) in [6, 6.07) is 0.231. The highest BCUT2D eigenvalue weighted by molar-refractivity contribution is 4.99. The quantitative estimate of drug-likeness (QED) is 0.702. The molecule has 1 aromatic heterocycles. The van der Waals surface area contributed by atoms with Crippen molar-refractivity contribution in [2.24, 2.45) is 5.73 Å². The highest BCUT2D eigenvalue weighted by Crippen LogP contribution is 1.96. The van der Waals surface area contributed by atoms with E-state index in [0.29, 0.717) is 0 Å². The summed E-state index contributed by atoms with van der Waals surface area (Å²) in [5, 5.41) is 4.14. The molecule has 0 saturated heterocycles. The van der Waals surface area contributed by atoms with Gasteiger partial charge in [0.25, 0.3) is 0 Å². The number of nitrogens with zero attached hydrogens (tertiary/aromatic N) is 2. The second kappa shape index (κ2) is 3.53. The number of rotatable bonds is 3. The lowest BCUT2D eigenvalue weighted by Crippen LogP contribution is -2.25. The fourth-order valence-corrected chi connectivity index (χ4v) is 0.936. The van der Waals surface area contributed by atoms with Crippen molar-refractivity contribution in [2.75, 3.05) is 0 Å². The van der Waals surface area contributed by atoms with Crippen LogP contribution in [0.2, 0.25) is 0 Å². The van der Waals surface area contributed by atoms with Crippen LogP contribution in [0.15, 0.2) is 12.4 Å². The Labute approximate surface area is 67.2 Å². The van der Waals surface area contributed by atoms with E-state index in [1.165, 1.54) is 5.56 Å². The van der Waals surface area contributed by atoms with E-state index in [4.69, 9.17) is 5.73 Å². The molecule has 0 aliphatic rings. The van der Waals surface area contributed by atoms with Gasteiger partial charge < -0.3 is 5.73 Å². The zero-order valence-corrected chi connectivity index (χ0v) is 7.12. The second-order valence-corrected chi connectivity index (χ2v) is 2.91. The Balaban J connectivity index is 2.50. The van der Waals surface area contributed by atoms with Crippen LogP contribution in [-0.2, 0) is 6.54 Å². The van der Waals surface area contributed by atoms with E-state index in [2.05, 4.69) is 12.0 Å². The predicted octanol–water partition coefficient (Wildman–Crippen LogP) is 0.929. The van der Waals surface area contributed by atoms with E-state index < -0.39 is 0 Å². The number of aryl methyl sites for hydroxylation is 1. The summed E-state index contributed by atoms with van der Waals surface area (Å²) in [5.74, 6) is 0. The summed E-state index contributed by atoms with van der Waals surface area (Å²) < 4.78 is 1.89. The molecule has 0 bridgehead atoms. The summed E-state index contributed by atoms with van der Waals surface area (Å²) in [6.07, 6.45) is 4.86. The minimum absolute atomic E-state index is 0.231. The molecule has 11 heavy (non-hydrogen) atoms. The van der Waals surface area contributed by atoms with Crippen LogP contribution < -0.4 is 5.73 Å². The molecule has 1 unspecified atom stereocenters. The van der Waals surface area contributed by atoms with Crippen LogP contribution in [0.1, 0.15) is 18.9 Å². The average Bonchev–Trinajstić information content (AvgIpc) is 2.35. The van der Waals surface area contributed by atoms with Crippen LogP contribution in [0.5, 0.6) is 0 Å². The lowest BCUT2D eigenvalue weighted by Gasteiger charge is -2.07. The first-order valence-corrected chi connectivity index (χ1v) is 3.97. The lowest BCUT2D eigenvalue weighted by atomic mass is 10.2. The molecule has 1 rings (SSSR count). The van der Waals surface area contributed by atoms with E-state index in [1.807, 2.05) is 24.0 Å². The van der Waals surface area contributed by atoms with Crippen LogP contribution >= 0.6 is 0 Å². The Hall–Kier alpha value is -0.830. The highest BCUT2D eigenvalue weighted by atomic mass is 15.3. The third-order valence-electron chi connectivity index (χ3n) is 1.71. The molecule has 0 saturated carbocycles. The van der Waals surface area contributed by atoms with Crippen molar-refractivity contribution in [3.63, 3.8) is 0 Å². The van der Waals surface area contributed by atoms with Gasteiger partial charge in [0.1, 0.15) is 0 Å². The van der Waals surface area contributed by atoms with Crippen LogP contribution in [0, 0.1) is 6.92 Å². The zero-order chi connectivity index (χ0) is 8.27. The summed E-state index contributed by atoms with van der Waals surface area (Å²) in [7, 11) is 0. The molecule has 1 aromatic rings. The maximum absolute atomic E-state index is 5.75. The second-order valence-electron chi connectivity index (χ2n) is 2.91. The van der Waals surface area contributed by atoms with E-state index in [0.717, 1.165) is 13.0 Å². The molecular formula is C8H15N3. The Morgan fingerprint density at radius 2 is 2.45 bits per heavy atom. The van der Waals surface area contributed by atoms with Crippen LogP contribution in [-0.4, -0.2) is 15.8 Å². The van der Waals surface area contributed by atoms with E-state index in [9.17, 15) is 0 Å². The largest absolute Gasteiger partial charge is 0.326 e. The van der Waals surface area contributed by atoms with Crippen LogP contribution in [0.4, 0.5) is 0 Å². The zero-order valence-electron chi connectivity index (χ0n) is 7.12. The molecule has 0 spiro atoms. The molecule has 2 N–H and O–H groups in total. The van der Waals surface area contributed by atoms with Gasteiger partial charge in [0.15, 0.2) is 0 Å². The molecule has 0 aliphatic heterocycles. The van der Waals surface area contributed by atoms with E-state index in [-0.39, 0.29) is 6.04 Å². The van der Waals surface area contributed by atoms with Crippen molar-refractivity contribution in [1.29, 1.82) is 0 Å². The van der Waals surface area contributed by atoms with Crippen LogP contribution in [0.25, 0.3) is 0 Å². The number of hydrogen-bond acceptors (Lipinski definition) is 2. The summed E-state index contributed by atoms with van der Waals surface area (Å²) >= 11 is 0. The maximum atomic E-state index is 5.75. The van der Waals surface area contributed by atoms with Crippen molar-refractivity contribution in [2.45, 2.75) is 32.9 Å². The third-order valence-corrected chi connectivity index (χ3v) is 1.71. The van der Waals surface area contributed by atoms with Gasteiger partial charge in [-0.05, 0) is 18.9 Å². The summed E-state index contributed by atoms with van der Waals surface area (Å²) in [4.78, 5) is 0. The SMILES string of the molecule is CCC(N)Cn1cc(C)cn1. The summed E-state index contributed by atoms with van der Waals surface area (Å²) in [6.45, 7) is 4.94. The van der Waals surface area contributed by atoms with E-state index in [1.54, 1.807) is 0 Å². The molecule has 0 amide bonds. The number of aromatic nitrogens is 2. The van der Waals surface area contributed by atoms with Gasteiger partial charge in [-0.15, -0.1) is 0 Å². The van der Waals surface area contributed by atoms with Crippen molar-refractivity contribution in [3.8, 4) is 0 Å². The van der Waals surface area contributed by atoms with Crippen molar-refractivity contribution >= 4 is 0 Å². The van der Waals surface area contributed by atoms with E-state index >= 15 is 0 Å². The molecular weight excluding hydrogens is 138 g/mol. The Morgan fingerprint density at radius 3 is 2.91 bits per heavy atom. The molecule has 62 valence electrons. The van der Waals surface area contributed by atoms with Gasteiger partial charge >= 0.3 is 0 Å². The molecule has 3 nitrogen and oxygen atoms in total. The molecule has 0 aliphatic carbocycles. The lowest BCUT2D eigenvalue weighted by molar-refractivity contribution is 0.500. The van der Waals surface area contributed by atoms with Crippen molar-refractivity contribution in [3.05, 3.63) is 18.0 Å². The first-order chi connectivity index (χ1) is 5.22. The highest BCUT2D eigenvalue weighted by Gasteiger charge is 2.00. The van der Waals surface area contributed by atoms with Gasteiger partial charge in [0.2, 0.25) is 0 Å². The van der Waals surface area contributed by atoms with Gasteiger partial charge in [0.05, 0.1) is 12.7 Å². The molecule has 0 fully saturated rings. The fourth-order valence-electron chi connectivity index (χ4n) is 0.936. The molecule has 0 aromatic carbocycles. The Bertz CT molecular complexity index is 217. The Kier molecular flexibility index (Phi) is 2.65. The maximum Gasteiger partial charge on any atom is 0.0560 e. The van der Waals surface area contributed by atoms with Crippen LogP contribution in [0.3, 0.4) is 0 Å². The average molecular weight is 153 g/mol. The third kappa shape index (κ3) is 2.35. The first-order valence-electron chi connectivity index (χ1n) is 3.97. The summed E-state index contributed by atoms with van der Waals surface area (Å²) in [5.41, 5.74) is 6.94. The number of nitrogens with two attached hydrogens (primary N) is 1. The van der Waals surface area contributed by atoms with Gasteiger partial charge in [-0.25, -0.2) is 0 Å². The normalized spacial score (nSPS) is 13.4. The van der Waals surface area contributed by atoms with Gasteiger partial charge in [-0.2, -0.15) is 5.10 Å². The first kappa shape index (κ1) is 8.27. The minimum Gasteiger partial charge on any atom is -0.326 e. The fraction of sp³-hybridized carbons (Fsp3) is 0.625. The van der Waals surface area contributed by atoms with Gasteiger partial charge in [0, 0.05) is 12.2 Å².